The van der Waals surface area contributed by atoms with Crippen molar-refractivity contribution in [3.63, 3.8) is 0 Å². The number of benzene rings is 1. The number of carboxylic acids is 1. The summed E-state index contributed by atoms with van der Waals surface area (Å²) < 4.78 is 6.91. The van der Waals surface area contributed by atoms with Gasteiger partial charge in [-0.1, -0.05) is 6.07 Å². The van der Waals surface area contributed by atoms with Gasteiger partial charge in [-0.15, -0.1) is 0 Å². The molecule has 4 rings (SSSR count). The van der Waals surface area contributed by atoms with Gasteiger partial charge in [0.1, 0.15) is 0 Å². The molecular weight excluding hydrogens is 464 g/mol. The van der Waals surface area contributed by atoms with E-state index in [1.54, 1.807) is 18.3 Å². The van der Waals surface area contributed by atoms with Crippen LogP contribution < -0.4 is 5.32 Å². The quantitative estimate of drug-likeness (QED) is 0.358. The summed E-state index contributed by atoms with van der Waals surface area (Å²) in [6.45, 7) is 4.67. The minimum atomic E-state index is -0.954. The second kappa shape index (κ2) is 10.3. The fourth-order valence-corrected chi connectivity index (χ4v) is 5.05. The highest BCUT2D eigenvalue weighted by molar-refractivity contribution is 7.80. The Kier molecular flexibility index (Phi) is 7.16. The number of methoxy groups -OCH3 is 1. The molecule has 0 aliphatic carbocycles. The van der Waals surface area contributed by atoms with Crippen molar-refractivity contribution in [2.24, 2.45) is 0 Å². The zero-order chi connectivity index (χ0) is 25.1. The van der Waals surface area contributed by atoms with E-state index in [-0.39, 0.29) is 23.6 Å². The molecule has 0 radical (unpaired) electrons. The monoisotopic (exact) mass is 492 g/mol. The molecule has 3 heterocycles. The number of aromatic carboxylic acids is 1. The summed E-state index contributed by atoms with van der Waals surface area (Å²) in [6, 6.07) is 14.5. The molecule has 0 unspecified atom stereocenters. The van der Waals surface area contributed by atoms with Crippen molar-refractivity contribution >= 4 is 29.3 Å². The maximum absolute atomic E-state index is 11.7. The van der Waals surface area contributed by atoms with Crippen molar-refractivity contribution in [1.29, 1.82) is 0 Å². The molecule has 8 nitrogen and oxygen atoms in total. The summed E-state index contributed by atoms with van der Waals surface area (Å²) in [5.74, 6) is -1.20. The molecule has 182 valence electrons. The minimum absolute atomic E-state index is 0.131. The summed E-state index contributed by atoms with van der Waals surface area (Å²) in [7, 11) is 1.39. The molecule has 2 atom stereocenters. The number of esters is 1. The molecule has 3 aromatic rings. The Morgan fingerprint density at radius 2 is 1.91 bits per heavy atom. The van der Waals surface area contributed by atoms with E-state index < -0.39 is 5.97 Å². The van der Waals surface area contributed by atoms with E-state index >= 15 is 0 Å². The fourth-order valence-electron chi connectivity index (χ4n) is 4.72. The van der Waals surface area contributed by atoms with Crippen LogP contribution in [0.2, 0.25) is 0 Å². The molecule has 0 spiro atoms. The number of nitrogens with one attached hydrogen (secondary N) is 1. The van der Waals surface area contributed by atoms with Crippen LogP contribution in [0.15, 0.2) is 54.7 Å². The maximum atomic E-state index is 11.7. The average molecular weight is 493 g/mol. The van der Waals surface area contributed by atoms with E-state index in [2.05, 4.69) is 32.8 Å². The van der Waals surface area contributed by atoms with E-state index in [0.717, 1.165) is 28.3 Å². The molecule has 0 bridgehead atoms. The lowest BCUT2D eigenvalue weighted by molar-refractivity contribution is -0.140. The van der Waals surface area contributed by atoms with Crippen LogP contribution in [-0.2, 0) is 9.53 Å². The Morgan fingerprint density at radius 1 is 1.17 bits per heavy atom. The molecule has 0 saturated carbocycles. The lowest BCUT2D eigenvalue weighted by Gasteiger charge is -2.28. The van der Waals surface area contributed by atoms with Crippen LogP contribution in [0.25, 0.3) is 5.69 Å². The molecule has 1 fully saturated rings. The smallest absolute Gasteiger partial charge is 0.335 e. The molecular formula is C26H28N4O4S. The van der Waals surface area contributed by atoms with Crippen molar-refractivity contribution in [2.75, 3.05) is 13.7 Å². The number of aryl methyl sites for hydroxylation is 1. The molecule has 1 aromatic carbocycles. The predicted octanol–water partition coefficient (Wildman–Crippen LogP) is 4.11. The summed E-state index contributed by atoms with van der Waals surface area (Å²) in [5, 5.41) is 13.3. The Bertz CT molecular complexity index is 1240. The molecule has 9 heteroatoms. The van der Waals surface area contributed by atoms with E-state index in [1.807, 2.05) is 37.3 Å². The molecule has 2 aromatic heterocycles. The first kappa shape index (κ1) is 24.4. The van der Waals surface area contributed by atoms with Gasteiger partial charge in [-0.3, -0.25) is 9.78 Å². The van der Waals surface area contributed by atoms with Gasteiger partial charge in [-0.05, 0) is 80.5 Å². The highest BCUT2D eigenvalue weighted by atomic mass is 32.1. The number of hydrogen-bond donors (Lipinski definition) is 2. The number of nitrogens with zero attached hydrogens (tertiary/aromatic N) is 3. The van der Waals surface area contributed by atoms with Gasteiger partial charge in [-0.2, -0.15) is 0 Å². The lowest BCUT2D eigenvalue weighted by atomic mass is 9.96. The van der Waals surface area contributed by atoms with Gasteiger partial charge < -0.3 is 24.6 Å². The molecule has 1 aliphatic heterocycles. The van der Waals surface area contributed by atoms with E-state index in [4.69, 9.17) is 17.0 Å². The van der Waals surface area contributed by atoms with Gasteiger partial charge >= 0.3 is 11.9 Å². The third-order valence-electron chi connectivity index (χ3n) is 6.37. The van der Waals surface area contributed by atoms with Gasteiger partial charge in [-0.25, -0.2) is 4.79 Å². The zero-order valence-electron chi connectivity index (χ0n) is 19.9. The zero-order valence-corrected chi connectivity index (χ0v) is 20.7. The largest absolute Gasteiger partial charge is 0.478 e. The van der Waals surface area contributed by atoms with Crippen molar-refractivity contribution in [3.05, 3.63) is 82.9 Å². The number of carboxylic acid groups (broad SMARTS) is 1. The number of aromatic nitrogens is 2. The summed E-state index contributed by atoms with van der Waals surface area (Å²) >= 11 is 5.73. The number of carbonyl (C=O) groups excluding carboxylic acids is 1. The van der Waals surface area contributed by atoms with E-state index in [1.165, 1.54) is 7.11 Å². The summed E-state index contributed by atoms with van der Waals surface area (Å²) in [4.78, 5) is 29.7. The van der Waals surface area contributed by atoms with Crippen LogP contribution in [-0.4, -0.2) is 50.3 Å². The first-order chi connectivity index (χ1) is 16.8. The minimum Gasteiger partial charge on any atom is -0.478 e. The second-order valence-electron chi connectivity index (χ2n) is 8.51. The van der Waals surface area contributed by atoms with Crippen LogP contribution in [0.5, 0.6) is 0 Å². The Morgan fingerprint density at radius 3 is 2.54 bits per heavy atom. The number of hydrogen-bond acceptors (Lipinski definition) is 5. The fraction of sp³-hybridized carbons (Fsp3) is 0.308. The molecule has 1 aliphatic rings. The number of carbonyl (C=O) groups is 2. The number of pyridine rings is 1. The lowest BCUT2D eigenvalue weighted by Crippen LogP contribution is -2.31. The number of rotatable bonds is 8. The SMILES string of the molecule is COC(=O)CCCN1C(=S)N[C@@H](c2ccccn2)[C@H]1c1cc(C)n(-c2ccc(C(=O)O)cc2)c1C. The van der Waals surface area contributed by atoms with Gasteiger partial charge in [0.15, 0.2) is 5.11 Å². The van der Waals surface area contributed by atoms with Crippen LogP contribution in [0.3, 0.4) is 0 Å². The number of thiocarbonyl (C=S) groups is 1. The van der Waals surface area contributed by atoms with Crippen LogP contribution in [0.1, 0.15) is 57.9 Å². The van der Waals surface area contributed by atoms with E-state index in [9.17, 15) is 14.7 Å². The summed E-state index contributed by atoms with van der Waals surface area (Å²) in [6.07, 6.45) is 2.69. The van der Waals surface area contributed by atoms with Crippen LogP contribution in [0.4, 0.5) is 0 Å². The predicted molar refractivity (Wildman–Crippen MR) is 136 cm³/mol. The highest BCUT2D eigenvalue weighted by Crippen LogP contribution is 2.41. The maximum Gasteiger partial charge on any atom is 0.335 e. The molecule has 35 heavy (non-hydrogen) atoms. The Hall–Kier alpha value is -3.72. The number of ether oxygens (including phenoxy) is 1. The van der Waals surface area contributed by atoms with Gasteiger partial charge in [0.05, 0.1) is 30.5 Å². The van der Waals surface area contributed by atoms with Crippen molar-refractivity contribution in [3.8, 4) is 5.69 Å². The topological polar surface area (TPSA) is 96.7 Å². The first-order valence-electron chi connectivity index (χ1n) is 11.4. The molecule has 2 N–H and O–H groups in total. The second-order valence-corrected chi connectivity index (χ2v) is 8.90. The summed E-state index contributed by atoms with van der Waals surface area (Å²) in [5.41, 5.74) is 5.15. The van der Waals surface area contributed by atoms with Gasteiger partial charge in [0.2, 0.25) is 0 Å². The highest BCUT2D eigenvalue weighted by Gasteiger charge is 2.41. The van der Waals surface area contributed by atoms with Crippen LogP contribution >= 0.6 is 12.2 Å². The Labute approximate surface area is 209 Å². The van der Waals surface area contributed by atoms with Crippen molar-refractivity contribution < 1.29 is 19.4 Å². The van der Waals surface area contributed by atoms with Gasteiger partial charge in [0, 0.05) is 36.2 Å². The molecule has 1 saturated heterocycles. The third-order valence-corrected chi connectivity index (χ3v) is 6.72. The third kappa shape index (κ3) is 4.90. The molecule has 0 amide bonds. The van der Waals surface area contributed by atoms with Gasteiger partial charge in [0.25, 0.3) is 0 Å². The van der Waals surface area contributed by atoms with E-state index in [0.29, 0.717) is 24.5 Å². The Balaban J connectivity index is 1.73. The van der Waals surface area contributed by atoms with Crippen LogP contribution in [0, 0.1) is 13.8 Å². The standard InChI is InChI=1S/C26H28N4O4S/c1-16-15-20(17(2)30(16)19-11-9-18(10-12-19)25(32)33)24-23(21-7-4-5-13-27-21)28-26(35)29(24)14-6-8-22(31)34-3/h4-5,7,9-13,15,23-24H,6,8,14H2,1-3H3,(H,28,35)(H,32,33)/t23-,24+/m0/s1. The van der Waals surface area contributed by atoms with Crippen molar-refractivity contribution in [1.82, 2.24) is 19.8 Å². The first-order valence-corrected chi connectivity index (χ1v) is 11.8. The average Bonchev–Trinajstić information content (AvgIpc) is 3.34. The van der Waals surface area contributed by atoms with Crippen molar-refractivity contribution in [2.45, 2.75) is 38.8 Å². The normalized spacial score (nSPS) is 17.3.